The molecule has 1 aromatic rings. The Morgan fingerprint density at radius 1 is 1.22 bits per heavy atom. The Labute approximate surface area is 110 Å². The molecular formula is C16H22O2. The molecule has 0 heterocycles. The fourth-order valence-corrected chi connectivity index (χ4v) is 1.67. The lowest BCUT2D eigenvalue weighted by molar-refractivity contribution is -0.138. The van der Waals surface area contributed by atoms with Crippen molar-refractivity contribution in [2.24, 2.45) is 0 Å². The van der Waals surface area contributed by atoms with E-state index in [4.69, 9.17) is 4.74 Å². The molecule has 2 heteroatoms. The Hall–Kier alpha value is -1.57. The zero-order chi connectivity index (χ0) is 13.8. The van der Waals surface area contributed by atoms with Crippen LogP contribution in [0.2, 0.25) is 0 Å². The zero-order valence-corrected chi connectivity index (χ0v) is 11.7. The Kier molecular flexibility index (Phi) is 4.71. The summed E-state index contributed by atoms with van der Waals surface area (Å²) >= 11 is 0. The third kappa shape index (κ3) is 4.02. The largest absolute Gasteiger partial charge is 0.463 e. The number of hydrogen-bond donors (Lipinski definition) is 0. The molecule has 1 aromatic carbocycles. The fraction of sp³-hybridized carbons (Fsp3) is 0.438. The summed E-state index contributed by atoms with van der Waals surface area (Å²) in [6, 6.07) is 8.30. The molecule has 0 amide bonds. The summed E-state index contributed by atoms with van der Waals surface area (Å²) in [6.45, 7) is 12.5. The SMILES string of the molecule is C=C(Cc1ccc(C(C)(C)C)cc1)C(=O)OCC. The zero-order valence-electron chi connectivity index (χ0n) is 11.7. The van der Waals surface area contributed by atoms with E-state index in [9.17, 15) is 4.79 Å². The molecular weight excluding hydrogens is 224 g/mol. The van der Waals surface area contributed by atoms with Crippen molar-refractivity contribution in [3.8, 4) is 0 Å². The highest BCUT2D eigenvalue weighted by Gasteiger charge is 2.13. The van der Waals surface area contributed by atoms with Crippen LogP contribution in [0.15, 0.2) is 36.4 Å². The summed E-state index contributed by atoms with van der Waals surface area (Å²) in [4.78, 5) is 11.5. The van der Waals surface area contributed by atoms with Crippen LogP contribution >= 0.6 is 0 Å². The average Bonchev–Trinajstić information content (AvgIpc) is 2.28. The van der Waals surface area contributed by atoms with Crippen LogP contribution in [0.1, 0.15) is 38.8 Å². The second-order valence-electron chi connectivity index (χ2n) is 5.45. The molecule has 0 spiro atoms. The molecule has 18 heavy (non-hydrogen) atoms. The first-order valence-corrected chi connectivity index (χ1v) is 6.29. The lowest BCUT2D eigenvalue weighted by Crippen LogP contribution is -2.11. The molecule has 0 aromatic heterocycles. The quantitative estimate of drug-likeness (QED) is 0.599. The summed E-state index contributed by atoms with van der Waals surface area (Å²) in [7, 11) is 0. The molecule has 0 fully saturated rings. The Balaban J connectivity index is 2.70. The van der Waals surface area contributed by atoms with Crippen molar-refractivity contribution in [2.75, 3.05) is 6.61 Å². The second-order valence-corrected chi connectivity index (χ2v) is 5.45. The maximum atomic E-state index is 11.5. The number of hydrogen-bond acceptors (Lipinski definition) is 2. The normalized spacial score (nSPS) is 11.1. The first kappa shape index (κ1) is 14.5. The van der Waals surface area contributed by atoms with Gasteiger partial charge < -0.3 is 4.74 Å². The van der Waals surface area contributed by atoms with Crippen LogP contribution in [-0.4, -0.2) is 12.6 Å². The lowest BCUT2D eigenvalue weighted by atomic mass is 9.86. The number of ether oxygens (including phenoxy) is 1. The predicted molar refractivity (Wildman–Crippen MR) is 74.6 cm³/mol. The van der Waals surface area contributed by atoms with Crippen molar-refractivity contribution in [3.63, 3.8) is 0 Å². The first-order chi connectivity index (χ1) is 8.34. The van der Waals surface area contributed by atoms with E-state index in [0.717, 1.165) is 5.56 Å². The van der Waals surface area contributed by atoms with E-state index in [1.165, 1.54) is 5.56 Å². The maximum absolute atomic E-state index is 11.5. The summed E-state index contributed by atoms with van der Waals surface area (Å²) in [5.41, 5.74) is 3.02. The summed E-state index contributed by atoms with van der Waals surface area (Å²) in [5.74, 6) is -0.308. The van der Waals surface area contributed by atoms with Crippen molar-refractivity contribution in [1.82, 2.24) is 0 Å². The standard InChI is InChI=1S/C16H22O2/c1-6-18-15(17)12(2)11-13-7-9-14(10-8-13)16(3,4)5/h7-10H,2,6,11H2,1,3-5H3. The molecule has 0 aliphatic heterocycles. The Bertz CT molecular complexity index is 421. The van der Waals surface area contributed by atoms with Gasteiger partial charge in [-0.15, -0.1) is 0 Å². The molecule has 0 aliphatic rings. The third-order valence-corrected chi connectivity index (χ3v) is 2.80. The Morgan fingerprint density at radius 2 is 1.78 bits per heavy atom. The van der Waals surface area contributed by atoms with Crippen molar-refractivity contribution in [3.05, 3.63) is 47.5 Å². The van der Waals surface area contributed by atoms with Gasteiger partial charge in [-0.2, -0.15) is 0 Å². The smallest absolute Gasteiger partial charge is 0.333 e. The molecule has 0 saturated heterocycles. The second kappa shape index (κ2) is 5.85. The van der Waals surface area contributed by atoms with Crippen LogP contribution < -0.4 is 0 Å². The van der Waals surface area contributed by atoms with Crippen LogP contribution in [0, 0.1) is 0 Å². The fourth-order valence-electron chi connectivity index (χ4n) is 1.67. The molecule has 0 bridgehead atoms. The van der Waals surface area contributed by atoms with Crippen LogP contribution in [0.3, 0.4) is 0 Å². The van der Waals surface area contributed by atoms with Gasteiger partial charge in [-0.25, -0.2) is 4.79 Å². The van der Waals surface area contributed by atoms with Gasteiger partial charge in [0.05, 0.1) is 6.61 Å². The lowest BCUT2D eigenvalue weighted by Gasteiger charge is -2.19. The van der Waals surface area contributed by atoms with Gasteiger partial charge in [0.25, 0.3) is 0 Å². The molecule has 0 atom stereocenters. The minimum atomic E-state index is -0.308. The molecule has 2 nitrogen and oxygen atoms in total. The van der Waals surface area contributed by atoms with E-state index < -0.39 is 0 Å². The highest BCUT2D eigenvalue weighted by Crippen LogP contribution is 2.22. The molecule has 0 radical (unpaired) electrons. The van der Waals surface area contributed by atoms with Crippen LogP contribution in [0.25, 0.3) is 0 Å². The van der Waals surface area contributed by atoms with E-state index in [1.807, 2.05) is 12.1 Å². The number of rotatable bonds is 4. The third-order valence-electron chi connectivity index (χ3n) is 2.80. The Morgan fingerprint density at radius 3 is 2.22 bits per heavy atom. The van der Waals surface area contributed by atoms with E-state index in [0.29, 0.717) is 18.6 Å². The monoisotopic (exact) mass is 246 g/mol. The molecule has 0 unspecified atom stereocenters. The summed E-state index contributed by atoms with van der Waals surface area (Å²) in [6.07, 6.45) is 0.545. The van der Waals surface area contributed by atoms with Gasteiger partial charge in [0.1, 0.15) is 0 Å². The molecule has 0 saturated carbocycles. The van der Waals surface area contributed by atoms with Gasteiger partial charge >= 0.3 is 5.97 Å². The van der Waals surface area contributed by atoms with Crippen LogP contribution in [0.5, 0.6) is 0 Å². The molecule has 1 rings (SSSR count). The van der Waals surface area contributed by atoms with E-state index in [2.05, 4.69) is 39.5 Å². The van der Waals surface area contributed by atoms with Crippen molar-refractivity contribution < 1.29 is 9.53 Å². The number of benzene rings is 1. The molecule has 98 valence electrons. The van der Waals surface area contributed by atoms with Gasteiger partial charge in [0.2, 0.25) is 0 Å². The van der Waals surface area contributed by atoms with Crippen molar-refractivity contribution in [1.29, 1.82) is 0 Å². The summed E-state index contributed by atoms with van der Waals surface area (Å²) in [5, 5.41) is 0. The molecule has 0 aliphatic carbocycles. The van der Waals surface area contributed by atoms with Gasteiger partial charge in [0.15, 0.2) is 0 Å². The van der Waals surface area contributed by atoms with Gasteiger partial charge in [-0.05, 0) is 23.5 Å². The van der Waals surface area contributed by atoms with E-state index >= 15 is 0 Å². The topological polar surface area (TPSA) is 26.3 Å². The summed E-state index contributed by atoms with van der Waals surface area (Å²) < 4.78 is 4.92. The highest BCUT2D eigenvalue weighted by molar-refractivity contribution is 5.88. The number of carbonyl (C=O) groups is 1. The minimum absolute atomic E-state index is 0.149. The van der Waals surface area contributed by atoms with Crippen LogP contribution in [0.4, 0.5) is 0 Å². The predicted octanol–water partition coefficient (Wildman–Crippen LogP) is 3.65. The first-order valence-electron chi connectivity index (χ1n) is 6.29. The van der Waals surface area contributed by atoms with Crippen molar-refractivity contribution in [2.45, 2.75) is 39.5 Å². The van der Waals surface area contributed by atoms with Gasteiger partial charge in [-0.1, -0.05) is 51.6 Å². The number of esters is 1. The number of carbonyl (C=O) groups excluding carboxylic acids is 1. The van der Waals surface area contributed by atoms with Crippen LogP contribution in [-0.2, 0) is 21.4 Å². The maximum Gasteiger partial charge on any atom is 0.333 e. The average molecular weight is 246 g/mol. The van der Waals surface area contributed by atoms with E-state index in [1.54, 1.807) is 6.92 Å². The minimum Gasteiger partial charge on any atom is -0.463 e. The highest BCUT2D eigenvalue weighted by atomic mass is 16.5. The van der Waals surface area contributed by atoms with E-state index in [-0.39, 0.29) is 11.4 Å². The van der Waals surface area contributed by atoms with Gasteiger partial charge in [-0.3, -0.25) is 0 Å². The van der Waals surface area contributed by atoms with Gasteiger partial charge in [0, 0.05) is 12.0 Å². The van der Waals surface area contributed by atoms with Crippen molar-refractivity contribution >= 4 is 5.97 Å². The molecule has 0 N–H and O–H groups in total.